The third-order valence-corrected chi connectivity index (χ3v) is 5.45. The number of rotatable bonds is 2. The van der Waals surface area contributed by atoms with Crippen LogP contribution in [0.15, 0.2) is 84.9 Å². The van der Waals surface area contributed by atoms with Crippen LogP contribution in [-0.2, 0) is 6.42 Å². The van der Waals surface area contributed by atoms with E-state index in [9.17, 15) is 0 Å². The predicted molar refractivity (Wildman–Crippen MR) is 117 cm³/mol. The Morgan fingerprint density at radius 1 is 0.667 bits per heavy atom. The maximum Gasteiger partial charge on any atom is 0.0320 e. The van der Waals surface area contributed by atoms with Crippen molar-refractivity contribution in [3.8, 4) is 22.3 Å². The maximum atomic E-state index is 6.12. The van der Waals surface area contributed by atoms with Crippen LogP contribution < -0.4 is 5.73 Å². The van der Waals surface area contributed by atoms with E-state index in [1.807, 2.05) is 12.1 Å². The van der Waals surface area contributed by atoms with Crippen LogP contribution in [-0.4, -0.2) is 0 Å². The molecule has 1 aliphatic carbocycles. The number of benzene rings is 4. The Morgan fingerprint density at radius 3 is 2.15 bits per heavy atom. The van der Waals surface area contributed by atoms with E-state index in [2.05, 4.69) is 78.9 Å². The van der Waals surface area contributed by atoms with Crippen LogP contribution in [0.2, 0.25) is 0 Å². The molecule has 27 heavy (non-hydrogen) atoms. The van der Waals surface area contributed by atoms with E-state index in [1.54, 1.807) is 0 Å². The summed E-state index contributed by atoms with van der Waals surface area (Å²) in [6.07, 6.45) is 6.75. The molecule has 0 fully saturated rings. The van der Waals surface area contributed by atoms with E-state index < -0.39 is 0 Å². The lowest BCUT2D eigenvalue weighted by atomic mass is 9.80. The Morgan fingerprint density at radius 2 is 1.37 bits per heavy atom. The molecule has 1 nitrogen and oxygen atoms in total. The van der Waals surface area contributed by atoms with Crippen LogP contribution in [0.25, 0.3) is 39.1 Å². The van der Waals surface area contributed by atoms with Crippen molar-refractivity contribution in [3.05, 3.63) is 96.1 Å². The normalized spacial score (nSPS) is 12.9. The van der Waals surface area contributed by atoms with Crippen LogP contribution in [0.5, 0.6) is 0 Å². The standard InChI is InChI=1S/C26H21N/c27-20-12-8-11-19(17-20)26-23-15-6-4-13-21(23)25(18-9-2-1-3-10-18)22-14-5-7-16-24(22)26/h1-4,6-13,15-17H,5,14,27H2. The van der Waals surface area contributed by atoms with Gasteiger partial charge in [-0.05, 0) is 69.1 Å². The number of nitrogens with two attached hydrogens (primary N) is 1. The zero-order valence-electron chi connectivity index (χ0n) is 15.2. The highest BCUT2D eigenvalue weighted by Crippen LogP contribution is 2.44. The van der Waals surface area contributed by atoms with Crippen LogP contribution in [0.4, 0.5) is 5.69 Å². The molecule has 0 aromatic heterocycles. The molecule has 0 saturated carbocycles. The Kier molecular flexibility index (Phi) is 3.79. The highest BCUT2D eigenvalue weighted by molar-refractivity contribution is 6.10. The average Bonchev–Trinajstić information content (AvgIpc) is 2.72. The van der Waals surface area contributed by atoms with Gasteiger partial charge in [-0.1, -0.05) is 78.9 Å². The molecule has 5 rings (SSSR count). The van der Waals surface area contributed by atoms with Gasteiger partial charge in [-0.15, -0.1) is 0 Å². The third-order valence-electron chi connectivity index (χ3n) is 5.45. The minimum atomic E-state index is 0.803. The zero-order chi connectivity index (χ0) is 18.2. The first-order chi connectivity index (χ1) is 13.3. The van der Waals surface area contributed by atoms with Gasteiger partial charge in [0, 0.05) is 5.69 Å². The maximum absolute atomic E-state index is 6.12. The molecular formula is C26H21N. The predicted octanol–water partition coefficient (Wildman–Crippen LogP) is 6.72. The molecule has 0 saturated heterocycles. The van der Waals surface area contributed by atoms with Gasteiger partial charge in [0.2, 0.25) is 0 Å². The van der Waals surface area contributed by atoms with Gasteiger partial charge in [0.25, 0.3) is 0 Å². The second-order valence-electron chi connectivity index (χ2n) is 7.12. The van der Waals surface area contributed by atoms with Gasteiger partial charge in [0.1, 0.15) is 0 Å². The second-order valence-corrected chi connectivity index (χ2v) is 7.12. The number of allylic oxidation sites excluding steroid dienone is 1. The molecule has 0 unspecified atom stereocenters. The highest BCUT2D eigenvalue weighted by atomic mass is 14.5. The molecule has 0 heterocycles. The van der Waals surface area contributed by atoms with Crippen molar-refractivity contribution in [2.24, 2.45) is 0 Å². The highest BCUT2D eigenvalue weighted by Gasteiger charge is 2.21. The molecular weight excluding hydrogens is 326 g/mol. The summed E-state index contributed by atoms with van der Waals surface area (Å²) < 4.78 is 0. The number of fused-ring (bicyclic) bond motifs is 2. The van der Waals surface area contributed by atoms with Gasteiger partial charge in [0.15, 0.2) is 0 Å². The second kappa shape index (κ2) is 6.44. The van der Waals surface area contributed by atoms with Crippen LogP contribution in [0.3, 0.4) is 0 Å². The molecule has 0 aliphatic heterocycles. The van der Waals surface area contributed by atoms with Gasteiger partial charge in [0.05, 0.1) is 0 Å². The SMILES string of the molecule is Nc1cccc(-c2c3c(c(-c4ccccc4)c4ccccc24)CCC=C3)c1. The molecule has 0 spiro atoms. The first-order valence-electron chi connectivity index (χ1n) is 9.48. The van der Waals surface area contributed by atoms with E-state index in [1.165, 1.54) is 44.2 Å². The Labute approximate surface area is 159 Å². The summed E-state index contributed by atoms with van der Waals surface area (Å²) in [5.74, 6) is 0. The summed E-state index contributed by atoms with van der Waals surface area (Å²) in [6.45, 7) is 0. The van der Waals surface area contributed by atoms with Gasteiger partial charge in [-0.2, -0.15) is 0 Å². The molecule has 0 atom stereocenters. The fourth-order valence-corrected chi connectivity index (χ4v) is 4.32. The van der Waals surface area contributed by atoms with E-state index in [0.29, 0.717) is 0 Å². The van der Waals surface area contributed by atoms with Gasteiger partial charge >= 0.3 is 0 Å². The lowest BCUT2D eigenvalue weighted by molar-refractivity contribution is 0.991. The van der Waals surface area contributed by atoms with E-state index in [-0.39, 0.29) is 0 Å². The van der Waals surface area contributed by atoms with Crippen molar-refractivity contribution < 1.29 is 0 Å². The monoisotopic (exact) mass is 347 g/mol. The Hall–Kier alpha value is -3.32. The first kappa shape index (κ1) is 15.9. The summed E-state index contributed by atoms with van der Waals surface area (Å²) in [5.41, 5.74) is 14.9. The summed E-state index contributed by atoms with van der Waals surface area (Å²) in [6, 6.07) is 27.8. The summed E-state index contributed by atoms with van der Waals surface area (Å²) in [4.78, 5) is 0. The molecule has 1 heteroatoms. The van der Waals surface area contributed by atoms with E-state index >= 15 is 0 Å². The van der Waals surface area contributed by atoms with E-state index in [4.69, 9.17) is 5.73 Å². The Balaban J connectivity index is 1.95. The molecule has 0 bridgehead atoms. The summed E-state index contributed by atoms with van der Waals surface area (Å²) >= 11 is 0. The van der Waals surface area contributed by atoms with Gasteiger partial charge < -0.3 is 5.73 Å². The molecule has 0 amide bonds. The average molecular weight is 347 g/mol. The smallest absolute Gasteiger partial charge is 0.0320 e. The van der Waals surface area contributed by atoms with Gasteiger partial charge in [-0.25, -0.2) is 0 Å². The largest absolute Gasteiger partial charge is 0.399 e. The van der Waals surface area contributed by atoms with Crippen molar-refractivity contribution in [1.29, 1.82) is 0 Å². The first-order valence-corrected chi connectivity index (χ1v) is 9.48. The lowest BCUT2D eigenvalue weighted by Crippen LogP contribution is -2.02. The molecule has 0 radical (unpaired) electrons. The topological polar surface area (TPSA) is 26.0 Å². The fraction of sp³-hybridized carbons (Fsp3) is 0.0769. The minimum absolute atomic E-state index is 0.803. The summed E-state index contributed by atoms with van der Waals surface area (Å²) in [5, 5.41) is 2.60. The zero-order valence-corrected chi connectivity index (χ0v) is 15.2. The number of anilines is 1. The molecule has 1 aliphatic rings. The quantitative estimate of drug-likeness (QED) is 0.400. The Bertz CT molecular complexity index is 1170. The van der Waals surface area contributed by atoms with Crippen molar-refractivity contribution in [2.45, 2.75) is 12.8 Å². The fourth-order valence-electron chi connectivity index (χ4n) is 4.32. The lowest BCUT2D eigenvalue weighted by Gasteiger charge is -2.23. The van der Waals surface area contributed by atoms with E-state index in [0.717, 1.165) is 18.5 Å². The summed E-state index contributed by atoms with van der Waals surface area (Å²) in [7, 11) is 0. The number of nitrogen functional groups attached to an aromatic ring is 1. The van der Waals surface area contributed by atoms with Crippen molar-refractivity contribution in [3.63, 3.8) is 0 Å². The number of hydrogen-bond donors (Lipinski definition) is 1. The molecule has 2 N–H and O–H groups in total. The van der Waals surface area contributed by atoms with Crippen LogP contribution in [0.1, 0.15) is 17.5 Å². The van der Waals surface area contributed by atoms with Crippen LogP contribution in [0, 0.1) is 0 Å². The number of hydrogen-bond acceptors (Lipinski definition) is 1. The van der Waals surface area contributed by atoms with Crippen LogP contribution >= 0.6 is 0 Å². The minimum Gasteiger partial charge on any atom is -0.399 e. The van der Waals surface area contributed by atoms with Crippen molar-refractivity contribution >= 4 is 22.5 Å². The molecule has 4 aromatic rings. The van der Waals surface area contributed by atoms with Gasteiger partial charge in [-0.3, -0.25) is 0 Å². The molecule has 130 valence electrons. The van der Waals surface area contributed by atoms with Crippen molar-refractivity contribution in [2.75, 3.05) is 5.73 Å². The van der Waals surface area contributed by atoms with Crippen molar-refractivity contribution in [1.82, 2.24) is 0 Å². The molecule has 4 aromatic carbocycles. The third kappa shape index (κ3) is 2.63.